The van der Waals surface area contributed by atoms with Gasteiger partial charge in [0.25, 0.3) is 0 Å². The maximum Gasteiger partial charge on any atom is -0.0270 e. The monoisotopic (exact) mass is 264 g/mol. The van der Waals surface area contributed by atoms with E-state index in [1.807, 2.05) is 44.6 Å². The normalized spacial score (nSPS) is 28.8. The summed E-state index contributed by atoms with van der Waals surface area (Å²) in [5.74, 6) is 0. The number of allylic oxidation sites excluding steroid dienone is 8. The van der Waals surface area contributed by atoms with Crippen LogP contribution in [0.15, 0.2) is 44.6 Å². The van der Waals surface area contributed by atoms with Gasteiger partial charge in [-0.3, -0.25) is 0 Å². The van der Waals surface area contributed by atoms with Crippen molar-refractivity contribution < 1.29 is 0 Å². The Morgan fingerprint density at radius 3 is 0.550 bits per heavy atom. The van der Waals surface area contributed by atoms with Crippen molar-refractivity contribution in [2.45, 2.75) is 77.0 Å². The van der Waals surface area contributed by atoms with Crippen LogP contribution in [0, 0.1) is 0 Å². The minimum absolute atomic E-state index is 1.38. The molecule has 0 fully saturated rings. The molecule has 0 spiro atoms. The molecule has 0 aromatic rings. The zero-order chi connectivity index (χ0) is 13.1. The molecule has 0 saturated carbocycles. The Hall–Kier alpha value is -1.04. The van der Waals surface area contributed by atoms with E-state index in [0.29, 0.717) is 0 Å². The zero-order valence-corrected chi connectivity index (χ0v) is 12.5. The second-order valence-corrected chi connectivity index (χ2v) is 7.24. The maximum absolute atomic E-state index is 1.84. The number of hydrogen-bond acceptors (Lipinski definition) is 0. The molecule has 5 aliphatic rings. The Balaban J connectivity index is 1.89. The lowest BCUT2D eigenvalue weighted by molar-refractivity contribution is 0.733. The van der Waals surface area contributed by atoms with Gasteiger partial charge in [-0.25, -0.2) is 0 Å². The van der Waals surface area contributed by atoms with Crippen LogP contribution >= 0.6 is 0 Å². The summed E-state index contributed by atoms with van der Waals surface area (Å²) in [5, 5.41) is 0. The van der Waals surface area contributed by atoms with Crippen LogP contribution in [-0.4, -0.2) is 0 Å². The molecule has 0 aliphatic heterocycles. The average Bonchev–Trinajstić information content (AvgIpc) is 3.05. The quantitative estimate of drug-likeness (QED) is 0.509. The molecule has 5 aliphatic carbocycles. The molecule has 0 atom stereocenters. The van der Waals surface area contributed by atoms with E-state index in [0.717, 1.165) is 0 Å². The predicted molar refractivity (Wildman–Crippen MR) is 83.5 cm³/mol. The maximum atomic E-state index is 1.84. The van der Waals surface area contributed by atoms with Crippen molar-refractivity contribution in [3.8, 4) is 0 Å². The Bertz CT molecular complexity index is 514. The van der Waals surface area contributed by atoms with Crippen LogP contribution < -0.4 is 0 Å². The lowest BCUT2D eigenvalue weighted by atomic mass is 9.84. The highest BCUT2D eigenvalue weighted by atomic mass is 14.4. The van der Waals surface area contributed by atoms with Crippen molar-refractivity contribution >= 4 is 0 Å². The van der Waals surface area contributed by atoms with Crippen LogP contribution in [0.2, 0.25) is 0 Å². The van der Waals surface area contributed by atoms with Crippen LogP contribution in [-0.2, 0) is 0 Å². The van der Waals surface area contributed by atoms with E-state index >= 15 is 0 Å². The SMILES string of the molecule is C1CC2=C(C1)C1=C3CCCC(=C2CCC1)C1=C3CCC1. The molecule has 0 heteroatoms. The first-order valence-corrected chi connectivity index (χ1v) is 8.83. The summed E-state index contributed by atoms with van der Waals surface area (Å²) >= 11 is 0. The molecule has 0 unspecified atom stereocenters. The van der Waals surface area contributed by atoms with Gasteiger partial charge in [0.2, 0.25) is 0 Å². The fourth-order valence-corrected chi connectivity index (χ4v) is 5.64. The van der Waals surface area contributed by atoms with Gasteiger partial charge in [0.05, 0.1) is 0 Å². The molecular weight excluding hydrogens is 240 g/mol. The molecule has 0 saturated heterocycles. The van der Waals surface area contributed by atoms with E-state index in [1.54, 1.807) is 0 Å². The van der Waals surface area contributed by atoms with Gasteiger partial charge < -0.3 is 0 Å². The van der Waals surface area contributed by atoms with Crippen LogP contribution in [0.3, 0.4) is 0 Å². The van der Waals surface area contributed by atoms with Crippen LogP contribution in [0.25, 0.3) is 0 Å². The summed E-state index contributed by atoms with van der Waals surface area (Å²) in [6.07, 6.45) is 16.7. The third-order valence-electron chi connectivity index (χ3n) is 6.33. The van der Waals surface area contributed by atoms with Gasteiger partial charge >= 0.3 is 0 Å². The van der Waals surface area contributed by atoms with Crippen molar-refractivity contribution in [2.75, 3.05) is 0 Å². The predicted octanol–water partition coefficient (Wildman–Crippen LogP) is 5.92. The fourth-order valence-electron chi connectivity index (χ4n) is 5.64. The highest BCUT2D eigenvalue weighted by Gasteiger charge is 2.34. The van der Waals surface area contributed by atoms with E-state index in [4.69, 9.17) is 0 Å². The summed E-state index contributed by atoms with van der Waals surface area (Å²) in [6, 6.07) is 0. The Kier molecular flexibility index (Phi) is 2.45. The first-order chi connectivity index (χ1) is 9.93. The van der Waals surface area contributed by atoms with E-state index in [1.165, 1.54) is 77.0 Å². The Morgan fingerprint density at radius 2 is 0.400 bits per heavy atom. The van der Waals surface area contributed by atoms with Crippen LogP contribution in [0.4, 0.5) is 0 Å². The summed E-state index contributed by atoms with van der Waals surface area (Å²) in [6.45, 7) is 0. The van der Waals surface area contributed by atoms with Gasteiger partial charge in [0, 0.05) is 0 Å². The van der Waals surface area contributed by atoms with Crippen molar-refractivity contribution in [3.63, 3.8) is 0 Å². The minimum atomic E-state index is 1.38. The molecule has 0 aromatic carbocycles. The van der Waals surface area contributed by atoms with Crippen molar-refractivity contribution in [2.24, 2.45) is 0 Å². The van der Waals surface area contributed by atoms with Gasteiger partial charge in [-0.1, -0.05) is 0 Å². The van der Waals surface area contributed by atoms with Crippen molar-refractivity contribution in [1.82, 2.24) is 0 Å². The van der Waals surface area contributed by atoms with E-state index < -0.39 is 0 Å². The molecular formula is C20H24. The van der Waals surface area contributed by atoms with Gasteiger partial charge in [-0.15, -0.1) is 0 Å². The van der Waals surface area contributed by atoms with Gasteiger partial charge in [0.15, 0.2) is 0 Å². The van der Waals surface area contributed by atoms with Gasteiger partial charge in [-0.05, 0) is 122 Å². The second-order valence-electron chi connectivity index (χ2n) is 7.24. The zero-order valence-electron chi connectivity index (χ0n) is 12.5. The summed E-state index contributed by atoms with van der Waals surface area (Å²) in [5.41, 5.74) is 14.6. The van der Waals surface area contributed by atoms with Crippen molar-refractivity contribution in [1.29, 1.82) is 0 Å². The van der Waals surface area contributed by atoms with Crippen LogP contribution in [0.1, 0.15) is 77.0 Å². The highest BCUT2D eigenvalue weighted by molar-refractivity contribution is 5.64. The molecule has 104 valence electrons. The average molecular weight is 264 g/mol. The molecule has 0 heterocycles. The molecule has 0 amide bonds. The number of hydrogen-bond donors (Lipinski definition) is 0. The second kappa shape index (κ2) is 4.23. The van der Waals surface area contributed by atoms with Gasteiger partial charge in [-0.2, -0.15) is 0 Å². The summed E-state index contributed by atoms with van der Waals surface area (Å²) in [7, 11) is 0. The van der Waals surface area contributed by atoms with Crippen molar-refractivity contribution in [3.05, 3.63) is 44.6 Å². The molecule has 0 radical (unpaired) electrons. The first kappa shape index (κ1) is 11.6. The standard InChI is InChI=1S/C20H24/c1-5-13-14(6-1)18-10-3-9-17(13)19-11-4-12-20(18)16-8-2-7-15(16)19/h1-12H2. The van der Waals surface area contributed by atoms with Crippen LogP contribution in [0.5, 0.6) is 0 Å². The fraction of sp³-hybridized carbons (Fsp3) is 0.600. The largest absolute Gasteiger partial charge is 0.0451 e. The first-order valence-electron chi connectivity index (χ1n) is 8.83. The van der Waals surface area contributed by atoms with E-state index in [9.17, 15) is 0 Å². The Labute approximate surface area is 122 Å². The van der Waals surface area contributed by atoms with E-state index in [2.05, 4.69) is 0 Å². The van der Waals surface area contributed by atoms with E-state index in [-0.39, 0.29) is 0 Å². The molecule has 0 nitrogen and oxygen atoms in total. The molecule has 4 bridgehead atoms. The topological polar surface area (TPSA) is 0 Å². The van der Waals surface area contributed by atoms with Gasteiger partial charge in [0.1, 0.15) is 0 Å². The lowest BCUT2D eigenvalue weighted by Crippen LogP contribution is -2.01. The molecule has 0 aromatic heterocycles. The molecule has 5 rings (SSSR count). The lowest BCUT2D eigenvalue weighted by Gasteiger charge is -2.21. The highest BCUT2D eigenvalue weighted by Crippen LogP contribution is 2.53. The minimum Gasteiger partial charge on any atom is -0.0451 e. The Morgan fingerprint density at radius 1 is 0.250 bits per heavy atom. The summed E-state index contributed by atoms with van der Waals surface area (Å²) < 4.78 is 0. The summed E-state index contributed by atoms with van der Waals surface area (Å²) in [4.78, 5) is 0. The molecule has 20 heavy (non-hydrogen) atoms. The number of rotatable bonds is 0. The third-order valence-corrected chi connectivity index (χ3v) is 6.33. The molecule has 0 N–H and O–H groups in total. The smallest absolute Gasteiger partial charge is 0.0270 e. The third kappa shape index (κ3) is 1.43.